The lowest BCUT2D eigenvalue weighted by atomic mass is 10.1. The molecule has 8 nitrogen and oxygen atoms in total. The van der Waals surface area contributed by atoms with Crippen molar-refractivity contribution in [1.82, 2.24) is 25.2 Å². The number of piperazine rings is 1. The summed E-state index contributed by atoms with van der Waals surface area (Å²) in [5.74, 6) is 1.20. The molecule has 0 saturated carbocycles. The van der Waals surface area contributed by atoms with Crippen molar-refractivity contribution in [2.45, 2.75) is 13.0 Å². The van der Waals surface area contributed by atoms with E-state index in [2.05, 4.69) is 30.9 Å². The van der Waals surface area contributed by atoms with Crippen molar-refractivity contribution >= 4 is 23.4 Å². The first kappa shape index (κ1) is 20.7. The van der Waals surface area contributed by atoms with Crippen LogP contribution < -0.4 is 16.0 Å². The number of nitrogens with one attached hydrogen (secondary N) is 3. The molecule has 0 radical (unpaired) electrons. The summed E-state index contributed by atoms with van der Waals surface area (Å²) in [4.78, 5) is 27.8. The van der Waals surface area contributed by atoms with Gasteiger partial charge in [0, 0.05) is 50.2 Å². The molecule has 1 amide bonds. The molecule has 0 spiro atoms. The normalized spacial score (nSPS) is 14.7. The number of rotatable bonds is 6. The van der Waals surface area contributed by atoms with Gasteiger partial charge in [-0.3, -0.25) is 9.78 Å². The van der Waals surface area contributed by atoms with E-state index in [0.717, 1.165) is 18.7 Å². The number of anilines is 3. The average molecular weight is 421 g/mol. The van der Waals surface area contributed by atoms with Crippen LogP contribution in [0.1, 0.15) is 28.9 Å². The molecule has 1 aromatic carbocycles. The molecule has 3 aromatic rings. The predicted molar refractivity (Wildman–Crippen MR) is 117 cm³/mol. The highest BCUT2D eigenvalue weighted by Crippen LogP contribution is 2.23. The van der Waals surface area contributed by atoms with Crippen LogP contribution in [0.4, 0.5) is 21.8 Å². The number of benzene rings is 1. The second-order valence-electron chi connectivity index (χ2n) is 7.30. The Morgan fingerprint density at radius 2 is 1.84 bits per heavy atom. The van der Waals surface area contributed by atoms with Crippen molar-refractivity contribution in [2.24, 2.45) is 0 Å². The van der Waals surface area contributed by atoms with E-state index in [1.165, 1.54) is 12.1 Å². The van der Waals surface area contributed by atoms with Gasteiger partial charge in [0.1, 0.15) is 23.3 Å². The third-order valence-corrected chi connectivity index (χ3v) is 5.03. The van der Waals surface area contributed by atoms with Crippen molar-refractivity contribution in [3.63, 3.8) is 0 Å². The minimum absolute atomic E-state index is 0.0522. The maximum atomic E-state index is 13.3. The summed E-state index contributed by atoms with van der Waals surface area (Å²) in [5, 5.41) is 9.67. The maximum absolute atomic E-state index is 13.3. The van der Waals surface area contributed by atoms with Gasteiger partial charge in [0.15, 0.2) is 0 Å². The van der Waals surface area contributed by atoms with E-state index in [0.29, 0.717) is 36.1 Å². The second-order valence-corrected chi connectivity index (χ2v) is 7.30. The van der Waals surface area contributed by atoms with Gasteiger partial charge in [0.25, 0.3) is 5.91 Å². The third-order valence-electron chi connectivity index (χ3n) is 5.03. The minimum Gasteiger partial charge on any atom is -0.363 e. The topological polar surface area (TPSA) is 95.1 Å². The monoisotopic (exact) mass is 421 g/mol. The van der Waals surface area contributed by atoms with Gasteiger partial charge in [-0.05, 0) is 36.8 Å². The number of carbonyl (C=O) groups is 1. The van der Waals surface area contributed by atoms with Gasteiger partial charge in [0.05, 0.1) is 6.20 Å². The highest BCUT2D eigenvalue weighted by atomic mass is 19.1. The first-order valence-electron chi connectivity index (χ1n) is 10.2. The number of amides is 1. The highest BCUT2D eigenvalue weighted by molar-refractivity contribution is 5.96. The Kier molecular flexibility index (Phi) is 6.32. The summed E-state index contributed by atoms with van der Waals surface area (Å²) >= 11 is 0. The zero-order chi connectivity index (χ0) is 21.6. The molecule has 3 heterocycles. The van der Waals surface area contributed by atoms with Gasteiger partial charge in [-0.1, -0.05) is 12.1 Å². The number of hydrogen-bond acceptors (Lipinski definition) is 7. The van der Waals surface area contributed by atoms with E-state index in [1.807, 2.05) is 11.8 Å². The van der Waals surface area contributed by atoms with E-state index in [9.17, 15) is 9.18 Å². The van der Waals surface area contributed by atoms with E-state index in [1.54, 1.807) is 42.9 Å². The van der Waals surface area contributed by atoms with Crippen LogP contribution in [0.15, 0.2) is 55.0 Å². The van der Waals surface area contributed by atoms with Crippen LogP contribution >= 0.6 is 0 Å². The molecule has 31 heavy (non-hydrogen) atoms. The first-order chi connectivity index (χ1) is 15.1. The third kappa shape index (κ3) is 5.32. The summed E-state index contributed by atoms with van der Waals surface area (Å²) < 4.78 is 13.3. The smallest absolute Gasteiger partial charge is 0.254 e. The molecule has 1 saturated heterocycles. The second kappa shape index (κ2) is 9.48. The first-order valence-corrected chi connectivity index (χ1v) is 10.2. The van der Waals surface area contributed by atoms with E-state index in [-0.39, 0.29) is 17.8 Å². The number of carbonyl (C=O) groups excluding carboxylic acids is 1. The van der Waals surface area contributed by atoms with Crippen molar-refractivity contribution in [3.05, 3.63) is 71.9 Å². The van der Waals surface area contributed by atoms with Gasteiger partial charge >= 0.3 is 0 Å². The molecule has 1 fully saturated rings. The number of pyridine rings is 1. The lowest BCUT2D eigenvalue weighted by molar-refractivity contribution is 0.0736. The summed E-state index contributed by atoms with van der Waals surface area (Å²) in [6.07, 6.45) is 4.74. The lowest BCUT2D eigenvalue weighted by Gasteiger charge is -2.27. The molecule has 4 rings (SSSR count). The number of aromatic nitrogens is 3. The predicted octanol–water partition coefficient (Wildman–Crippen LogP) is 2.97. The van der Waals surface area contributed by atoms with Gasteiger partial charge in [-0.15, -0.1) is 0 Å². The fraction of sp³-hybridized carbons (Fsp3) is 0.273. The van der Waals surface area contributed by atoms with Crippen LogP contribution in [0.2, 0.25) is 0 Å². The molecule has 1 atom stereocenters. The molecule has 2 aromatic heterocycles. The Morgan fingerprint density at radius 3 is 2.55 bits per heavy atom. The standard InChI is InChI=1S/C22H24FN7O/c1-15(16-2-4-18(23)5-3-16)27-19-12-17(22(31)30-10-8-24-9-11-30)13-20(28-19)29-21-14-25-6-7-26-21/h2-7,12-15,24H,8-11H2,1H3,(H2,26,27,28,29)/t15-/m0/s1. The molecule has 0 aliphatic carbocycles. The number of hydrogen-bond donors (Lipinski definition) is 3. The van der Waals surface area contributed by atoms with Crippen molar-refractivity contribution in [2.75, 3.05) is 36.8 Å². The summed E-state index contributed by atoms with van der Waals surface area (Å²) in [6, 6.07) is 9.61. The van der Waals surface area contributed by atoms with Crippen molar-refractivity contribution < 1.29 is 9.18 Å². The molecule has 0 unspecified atom stereocenters. The average Bonchev–Trinajstić information content (AvgIpc) is 2.80. The van der Waals surface area contributed by atoms with Crippen LogP contribution in [0.5, 0.6) is 0 Å². The highest BCUT2D eigenvalue weighted by Gasteiger charge is 2.20. The largest absolute Gasteiger partial charge is 0.363 e. The van der Waals surface area contributed by atoms with Crippen molar-refractivity contribution in [3.8, 4) is 0 Å². The fourth-order valence-electron chi connectivity index (χ4n) is 3.39. The van der Waals surface area contributed by atoms with E-state index >= 15 is 0 Å². The molecule has 3 N–H and O–H groups in total. The van der Waals surface area contributed by atoms with Gasteiger partial charge in [0.2, 0.25) is 0 Å². The van der Waals surface area contributed by atoms with Crippen LogP contribution in [-0.4, -0.2) is 51.9 Å². The molecule has 0 bridgehead atoms. The van der Waals surface area contributed by atoms with Crippen LogP contribution in [0.25, 0.3) is 0 Å². The Hall–Kier alpha value is -3.59. The Morgan fingerprint density at radius 1 is 1.10 bits per heavy atom. The lowest BCUT2D eigenvalue weighted by Crippen LogP contribution is -2.46. The van der Waals surface area contributed by atoms with Gasteiger partial charge < -0.3 is 20.9 Å². The SMILES string of the molecule is C[C@H](Nc1cc(C(=O)N2CCNCC2)cc(Nc2cnccn2)n1)c1ccc(F)cc1. The zero-order valence-electron chi connectivity index (χ0n) is 17.2. The summed E-state index contributed by atoms with van der Waals surface area (Å²) in [6.45, 7) is 4.81. The molecule has 9 heteroatoms. The maximum Gasteiger partial charge on any atom is 0.254 e. The van der Waals surface area contributed by atoms with Crippen LogP contribution in [0.3, 0.4) is 0 Å². The Bertz CT molecular complexity index is 1020. The molecule has 1 aliphatic rings. The van der Waals surface area contributed by atoms with Gasteiger partial charge in [-0.25, -0.2) is 14.4 Å². The Labute approximate surface area is 179 Å². The van der Waals surface area contributed by atoms with Crippen molar-refractivity contribution in [1.29, 1.82) is 0 Å². The quantitative estimate of drug-likeness (QED) is 0.563. The number of nitrogens with zero attached hydrogens (tertiary/aromatic N) is 4. The van der Waals surface area contributed by atoms with E-state index in [4.69, 9.17) is 0 Å². The minimum atomic E-state index is -0.284. The number of halogens is 1. The summed E-state index contributed by atoms with van der Waals surface area (Å²) in [5.41, 5.74) is 1.43. The molecular weight excluding hydrogens is 397 g/mol. The zero-order valence-corrected chi connectivity index (χ0v) is 17.2. The Balaban J connectivity index is 1.61. The van der Waals surface area contributed by atoms with Crippen LogP contribution in [-0.2, 0) is 0 Å². The molecule has 1 aliphatic heterocycles. The van der Waals surface area contributed by atoms with Crippen LogP contribution in [0, 0.1) is 5.82 Å². The van der Waals surface area contributed by atoms with E-state index < -0.39 is 0 Å². The molecule has 160 valence electrons. The van der Waals surface area contributed by atoms with Gasteiger partial charge in [-0.2, -0.15) is 0 Å². The fourth-order valence-corrected chi connectivity index (χ4v) is 3.39. The molecular formula is C22H24FN7O. The summed E-state index contributed by atoms with van der Waals surface area (Å²) in [7, 11) is 0.